The Labute approximate surface area is 134 Å². The molecular formula is C15H19N3O4S. The van der Waals surface area contributed by atoms with E-state index in [0.29, 0.717) is 18.7 Å². The lowest BCUT2D eigenvalue weighted by molar-refractivity contribution is 0.0952. The van der Waals surface area contributed by atoms with E-state index >= 15 is 0 Å². The summed E-state index contributed by atoms with van der Waals surface area (Å²) >= 11 is 0. The molecule has 0 aliphatic rings. The van der Waals surface area contributed by atoms with Gasteiger partial charge in [0.2, 0.25) is 5.09 Å². The van der Waals surface area contributed by atoms with Crippen molar-refractivity contribution in [1.82, 2.24) is 10.0 Å². The van der Waals surface area contributed by atoms with Crippen molar-refractivity contribution in [3.8, 4) is 0 Å². The van der Waals surface area contributed by atoms with Crippen LogP contribution < -0.4 is 15.8 Å². The number of hydrogen-bond acceptors (Lipinski definition) is 5. The highest BCUT2D eigenvalue weighted by molar-refractivity contribution is 7.89. The smallest absolute Gasteiger partial charge is 0.273 e. The summed E-state index contributed by atoms with van der Waals surface area (Å²) in [6.07, 6.45) is 0.643. The van der Waals surface area contributed by atoms with E-state index in [2.05, 4.69) is 10.0 Å². The fourth-order valence-corrected chi connectivity index (χ4v) is 2.72. The summed E-state index contributed by atoms with van der Waals surface area (Å²) in [6, 6.07) is 8.60. The fraction of sp³-hybridized carbons (Fsp3) is 0.267. The molecule has 0 saturated heterocycles. The van der Waals surface area contributed by atoms with Crippen molar-refractivity contribution in [2.75, 3.05) is 19.3 Å². The van der Waals surface area contributed by atoms with Crippen molar-refractivity contribution in [3.63, 3.8) is 0 Å². The topological polar surface area (TPSA) is 114 Å². The van der Waals surface area contributed by atoms with Gasteiger partial charge in [-0.1, -0.05) is 12.1 Å². The van der Waals surface area contributed by atoms with Gasteiger partial charge in [0.25, 0.3) is 15.9 Å². The lowest BCUT2D eigenvalue weighted by atomic mass is 10.1. The summed E-state index contributed by atoms with van der Waals surface area (Å²) in [5.74, 6) is -0.122. The molecule has 0 atom stereocenters. The second-order valence-corrected chi connectivity index (χ2v) is 6.81. The van der Waals surface area contributed by atoms with Gasteiger partial charge >= 0.3 is 0 Å². The molecule has 0 bridgehead atoms. The number of nitrogens with one attached hydrogen (secondary N) is 2. The average Bonchev–Trinajstić information content (AvgIpc) is 2.92. The standard InChI is InChI=1S/C15H19N3O4S/c1-10-13(9-14(22-10)23(20,21)17-2)15(19)18-8-7-11-3-5-12(16)6-4-11/h3-6,9,17H,7-8,16H2,1-2H3,(H,18,19). The molecule has 1 aromatic heterocycles. The van der Waals surface area contributed by atoms with Crippen LogP contribution in [0.2, 0.25) is 0 Å². The largest absolute Gasteiger partial charge is 0.448 e. The van der Waals surface area contributed by atoms with Gasteiger partial charge in [0, 0.05) is 18.3 Å². The Morgan fingerprint density at radius 3 is 2.52 bits per heavy atom. The van der Waals surface area contributed by atoms with Gasteiger partial charge in [0.15, 0.2) is 0 Å². The Bertz CT molecular complexity index is 795. The van der Waals surface area contributed by atoms with Gasteiger partial charge in [-0.3, -0.25) is 4.79 Å². The number of benzene rings is 1. The Kier molecular flexibility index (Phi) is 5.07. The molecule has 2 rings (SSSR count). The van der Waals surface area contributed by atoms with Crippen LogP contribution >= 0.6 is 0 Å². The molecule has 0 aliphatic heterocycles. The van der Waals surface area contributed by atoms with Crippen molar-refractivity contribution in [1.29, 1.82) is 0 Å². The third-order valence-electron chi connectivity index (χ3n) is 3.35. The van der Waals surface area contributed by atoms with E-state index < -0.39 is 10.0 Å². The van der Waals surface area contributed by atoms with Gasteiger partial charge in [-0.2, -0.15) is 0 Å². The molecule has 23 heavy (non-hydrogen) atoms. The number of nitrogens with two attached hydrogens (primary N) is 1. The molecule has 124 valence electrons. The monoisotopic (exact) mass is 337 g/mol. The minimum Gasteiger partial charge on any atom is -0.448 e. The van der Waals surface area contributed by atoms with Crippen LogP contribution in [-0.2, 0) is 16.4 Å². The molecule has 4 N–H and O–H groups in total. The maximum Gasteiger partial charge on any atom is 0.273 e. The third-order valence-corrected chi connectivity index (χ3v) is 4.62. The van der Waals surface area contributed by atoms with Crippen LogP contribution in [0.25, 0.3) is 0 Å². The van der Waals surface area contributed by atoms with Crippen molar-refractivity contribution < 1.29 is 17.6 Å². The van der Waals surface area contributed by atoms with Gasteiger partial charge in [0.1, 0.15) is 5.76 Å². The van der Waals surface area contributed by atoms with Crippen LogP contribution in [0.5, 0.6) is 0 Å². The predicted octanol–water partition coefficient (Wildman–Crippen LogP) is 1.05. The van der Waals surface area contributed by atoms with Crippen molar-refractivity contribution in [2.45, 2.75) is 18.4 Å². The number of anilines is 1. The first-order valence-corrected chi connectivity index (χ1v) is 8.48. The number of carbonyl (C=O) groups is 1. The van der Waals surface area contributed by atoms with Crippen LogP contribution in [0.15, 0.2) is 39.8 Å². The quantitative estimate of drug-likeness (QED) is 0.682. The molecular weight excluding hydrogens is 318 g/mol. The number of hydrogen-bond donors (Lipinski definition) is 3. The van der Waals surface area contributed by atoms with Gasteiger partial charge in [-0.25, -0.2) is 13.1 Å². The summed E-state index contributed by atoms with van der Waals surface area (Å²) in [6.45, 7) is 1.96. The SMILES string of the molecule is CNS(=O)(=O)c1cc(C(=O)NCCc2ccc(N)cc2)c(C)o1. The molecule has 7 nitrogen and oxygen atoms in total. The highest BCUT2D eigenvalue weighted by Crippen LogP contribution is 2.18. The minimum atomic E-state index is -3.71. The molecule has 0 fully saturated rings. The Hall–Kier alpha value is -2.32. The normalized spacial score (nSPS) is 11.4. The predicted molar refractivity (Wildman–Crippen MR) is 86.6 cm³/mol. The maximum atomic E-state index is 12.1. The van der Waals surface area contributed by atoms with Gasteiger partial charge in [-0.15, -0.1) is 0 Å². The van der Waals surface area contributed by atoms with Crippen molar-refractivity contribution in [3.05, 3.63) is 47.2 Å². The molecule has 0 saturated carbocycles. The zero-order valence-electron chi connectivity index (χ0n) is 12.9. The van der Waals surface area contributed by atoms with E-state index in [0.717, 1.165) is 5.56 Å². The number of furan rings is 1. The fourth-order valence-electron chi connectivity index (χ4n) is 2.01. The summed E-state index contributed by atoms with van der Waals surface area (Å²) in [4.78, 5) is 12.1. The highest BCUT2D eigenvalue weighted by atomic mass is 32.2. The number of aryl methyl sites for hydroxylation is 1. The van der Waals surface area contributed by atoms with E-state index in [1.165, 1.54) is 13.1 Å². The van der Waals surface area contributed by atoms with Crippen LogP contribution in [0.1, 0.15) is 21.7 Å². The first-order valence-electron chi connectivity index (χ1n) is 7.00. The summed E-state index contributed by atoms with van der Waals surface area (Å²) in [5.41, 5.74) is 7.54. The minimum absolute atomic E-state index is 0.205. The van der Waals surface area contributed by atoms with Crippen LogP contribution in [0.4, 0.5) is 5.69 Å². The number of carbonyl (C=O) groups excluding carboxylic acids is 1. The molecule has 0 spiro atoms. The molecule has 1 amide bonds. The van der Waals surface area contributed by atoms with Crippen molar-refractivity contribution >= 4 is 21.6 Å². The van der Waals surface area contributed by atoms with Gasteiger partial charge in [0.05, 0.1) is 5.56 Å². The maximum absolute atomic E-state index is 12.1. The Morgan fingerprint density at radius 2 is 1.91 bits per heavy atom. The highest BCUT2D eigenvalue weighted by Gasteiger charge is 2.22. The van der Waals surface area contributed by atoms with Crippen molar-refractivity contribution in [2.24, 2.45) is 0 Å². The van der Waals surface area contributed by atoms with Crippen LogP contribution in [0, 0.1) is 6.92 Å². The molecule has 0 aliphatic carbocycles. The summed E-state index contributed by atoms with van der Waals surface area (Å²) in [5, 5.41) is 2.46. The number of amides is 1. The first-order chi connectivity index (χ1) is 10.8. The van der Waals surface area contributed by atoms with E-state index in [1.54, 1.807) is 19.1 Å². The number of nitrogen functional groups attached to an aromatic ring is 1. The lowest BCUT2D eigenvalue weighted by Gasteiger charge is -2.05. The number of rotatable bonds is 6. The molecule has 0 unspecified atom stereocenters. The third kappa shape index (κ3) is 4.11. The van der Waals surface area contributed by atoms with Crippen LogP contribution in [0.3, 0.4) is 0 Å². The molecule has 2 aromatic rings. The lowest BCUT2D eigenvalue weighted by Crippen LogP contribution is -2.26. The first kappa shape index (κ1) is 17.0. The van der Waals surface area contributed by atoms with E-state index in [-0.39, 0.29) is 22.3 Å². The molecule has 1 aromatic carbocycles. The van der Waals surface area contributed by atoms with E-state index in [4.69, 9.17) is 10.2 Å². The molecule has 0 radical (unpaired) electrons. The second kappa shape index (κ2) is 6.84. The molecule has 8 heteroatoms. The molecule has 1 heterocycles. The van der Waals surface area contributed by atoms with E-state index in [1.807, 2.05) is 12.1 Å². The summed E-state index contributed by atoms with van der Waals surface area (Å²) < 4.78 is 30.6. The van der Waals surface area contributed by atoms with Gasteiger partial charge in [-0.05, 0) is 38.1 Å². The van der Waals surface area contributed by atoms with Crippen LogP contribution in [-0.4, -0.2) is 27.9 Å². The Balaban J connectivity index is 2.00. The Morgan fingerprint density at radius 1 is 1.26 bits per heavy atom. The second-order valence-electron chi connectivity index (χ2n) is 4.99. The number of sulfonamides is 1. The zero-order chi connectivity index (χ0) is 17.0. The summed E-state index contributed by atoms with van der Waals surface area (Å²) in [7, 11) is -2.43. The van der Waals surface area contributed by atoms with E-state index in [9.17, 15) is 13.2 Å². The zero-order valence-corrected chi connectivity index (χ0v) is 13.7. The van der Waals surface area contributed by atoms with Gasteiger partial charge < -0.3 is 15.5 Å². The average molecular weight is 337 g/mol.